The maximum absolute atomic E-state index is 13.8. The van der Waals surface area contributed by atoms with E-state index < -0.39 is 29.8 Å². The monoisotopic (exact) mass is 512 g/mol. The number of fused-ring (bicyclic) bond motifs is 1. The molecule has 0 spiro atoms. The normalized spacial score (nSPS) is 11.8. The van der Waals surface area contributed by atoms with E-state index in [0.29, 0.717) is 11.1 Å². The van der Waals surface area contributed by atoms with Gasteiger partial charge in [-0.3, -0.25) is 9.48 Å². The quantitative estimate of drug-likeness (QED) is 0.290. The molecule has 0 atom stereocenters. The summed E-state index contributed by atoms with van der Waals surface area (Å²) < 4.78 is 68.7. The fourth-order valence-corrected chi connectivity index (χ4v) is 3.80. The molecule has 3 heterocycles. The predicted octanol–water partition coefficient (Wildman–Crippen LogP) is 5.85. The molecule has 5 aromatic rings. The van der Waals surface area contributed by atoms with Crippen LogP contribution in [0.2, 0.25) is 0 Å². The second-order valence-corrected chi connectivity index (χ2v) is 8.11. The van der Waals surface area contributed by atoms with Crippen molar-refractivity contribution in [3.05, 3.63) is 102 Å². The van der Waals surface area contributed by atoms with Crippen LogP contribution in [-0.2, 0) is 12.7 Å². The Bertz CT molecular complexity index is 1580. The maximum Gasteiger partial charge on any atom is 0.416 e. The van der Waals surface area contributed by atoms with Gasteiger partial charge in [-0.15, -0.1) is 0 Å². The van der Waals surface area contributed by atoms with Crippen molar-refractivity contribution in [2.75, 3.05) is 5.32 Å². The summed E-state index contributed by atoms with van der Waals surface area (Å²) in [6, 6.07) is 14.7. The predicted molar refractivity (Wildman–Crippen MR) is 124 cm³/mol. The van der Waals surface area contributed by atoms with Gasteiger partial charge in [-0.05, 0) is 23.8 Å². The zero-order valence-corrected chi connectivity index (χ0v) is 18.8. The lowest BCUT2D eigenvalue weighted by Gasteiger charge is -2.09. The maximum atomic E-state index is 13.8. The van der Waals surface area contributed by atoms with Crippen LogP contribution in [0.1, 0.15) is 33.6 Å². The second-order valence-electron chi connectivity index (χ2n) is 8.11. The van der Waals surface area contributed by atoms with E-state index in [1.165, 1.54) is 35.3 Å². The average molecular weight is 512 g/mol. The van der Waals surface area contributed by atoms with Gasteiger partial charge in [0.15, 0.2) is 5.65 Å². The highest BCUT2D eigenvalue weighted by atomic mass is 19.4. The van der Waals surface area contributed by atoms with E-state index in [2.05, 4.69) is 20.5 Å². The molecule has 0 aliphatic carbocycles. The Morgan fingerprint density at radius 2 is 1.76 bits per heavy atom. The van der Waals surface area contributed by atoms with Crippen molar-refractivity contribution in [2.45, 2.75) is 19.1 Å². The van der Waals surface area contributed by atoms with Crippen LogP contribution < -0.4 is 5.32 Å². The fourth-order valence-electron chi connectivity index (χ4n) is 3.80. The Morgan fingerprint density at radius 1 is 0.973 bits per heavy atom. The lowest BCUT2D eigenvalue weighted by atomic mass is 10.1. The van der Waals surface area contributed by atoms with Gasteiger partial charge in [0.2, 0.25) is 0 Å². The van der Waals surface area contributed by atoms with Crippen molar-refractivity contribution in [3.63, 3.8) is 0 Å². The van der Waals surface area contributed by atoms with Gasteiger partial charge < -0.3 is 5.32 Å². The van der Waals surface area contributed by atoms with Crippen LogP contribution in [0.3, 0.4) is 0 Å². The molecular weight excluding hydrogens is 495 g/mol. The average Bonchev–Trinajstić information content (AvgIpc) is 3.50. The Hall–Kier alpha value is -4.61. The number of amides is 1. The highest BCUT2D eigenvalue weighted by molar-refractivity contribution is 6.08. The lowest BCUT2D eigenvalue weighted by Crippen LogP contribution is -2.12. The van der Waals surface area contributed by atoms with Crippen molar-refractivity contribution in [1.82, 2.24) is 24.4 Å². The number of hydrogen-bond donors (Lipinski definition) is 1. The number of rotatable bonds is 6. The molecule has 37 heavy (non-hydrogen) atoms. The number of nitrogens with zero attached hydrogens (tertiary/aromatic N) is 5. The zero-order valence-electron chi connectivity index (χ0n) is 18.8. The largest absolute Gasteiger partial charge is 0.416 e. The molecule has 0 saturated heterocycles. The third-order valence-corrected chi connectivity index (χ3v) is 5.53. The minimum absolute atomic E-state index is 0.0368. The SMILES string of the molecule is O=C(Nc1cnn(Cc2cccc(C(F)(F)F)c2)c1)c1cnn2c(C(F)F)cc(-c3ccccc3)nc12. The van der Waals surface area contributed by atoms with Crippen LogP contribution >= 0.6 is 0 Å². The van der Waals surface area contributed by atoms with Crippen molar-refractivity contribution in [2.24, 2.45) is 0 Å². The van der Waals surface area contributed by atoms with E-state index in [0.717, 1.165) is 22.8 Å². The third kappa shape index (κ3) is 5.03. The molecule has 188 valence electrons. The van der Waals surface area contributed by atoms with E-state index in [-0.39, 0.29) is 29.1 Å². The third-order valence-electron chi connectivity index (χ3n) is 5.53. The molecule has 0 radical (unpaired) electrons. The summed E-state index contributed by atoms with van der Waals surface area (Å²) >= 11 is 0. The van der Waals surface area contributed by atoms with Crippen LogP contribution in [-0.4, -0.2) is 30.3 Å². The number of hydrogen-bond acceptors (Lipinski definition) is 4. The Kier molecular flexibility index (Phi) is 6.15. The summed E-state index contributed by atoms with van der Waals surface area (Å²) in [6.45, 7) is 0.0379. The van der Waals surface area contributed by atoms with Crippen LogP contribution in [0, 0.1) is 0 Å². The van der Waals surface area contributed by atoms with Crippen LogP contribution in [0.4, 0.5) is 27.6 Å². The molecular formula is C25H17F5N6O. The number of halogens is 5. The molecule has 1 amide bonds. The van der Waals surface area contributed by atoms with E-state index in [1.54, 1.807) is 30.3 Å². The van der Waals surface area contributed by atoms with Crippen LogP contribution in [0.15, 0.2) is 79.3 Å². The standard InChI is InChI=1S/C25H17F5N6O/c26-22(27)21-10-20(16-6-2-1-3-7-16)34-23-19(12-32-36(21)23)24(37)33-18-11-31-35(14-18)13-15-5-4-8-17(9-15)25(28,29)30/h1-12,14,22H,13H2,(H,33,37). The molecule has 0 aliphatic rings. The molecule has 2 aromatic carbocycles. The molecule has 1 N–H and O–H groups in total. The highest BCUT2D eigenvalue weighted by Gasteiger charge is 2.30. The molecule has 12 heteroatoms. The number of aromatic nitrogens is 5. The van der Waals surface area contributed by atoms with Gasteiger partial charge in [0, 0.05) is 11.8 Å². The molecule has 0 saturated carbocycles. The first-order valence-electron chi connectivity index (χ1n) is 10.9. The van der Waals surface area contributed by atoms with E-state index in [4.69, 9.17) is 0 Å². The van der Waals surface area contributed by atoms with Gasteiger partial charge in [-0.2, -0.15) is 23.4 Å². The number of alkyl halides is 5. The fraction of sp³-hybridized carbons (Fsp3) is 0.120. The van der Waals surface area contributed by atoms with E-state index >= 15 is 0 Å². The minimum Gasteiger partial charge on any atom is -0.319 e. The Labute approximate surface area is 206 Å². The van der Waals surface area contributed by atoms with Crippen molar-refractivity contribution in [1.29, 1.82) is 0 Å². The Balaban J connectivity index is 1.40. The summed E-state index contributed by atoms with van der Waals surface area (Å²) in [5.41, 5.74) is 0.194. The van der Waals surface area contributed by atoms with Crippen molar-refractivity contribution >= 4 is 17.2 Å². The second kappa shape index (κ2) is 9.45. The van der Waals surface area contributed by atoms with Crippen molar-refractivity contribution < 1.29 is 26.7 Å². The summed E-state index contributed by atoms with van der Waals surface area (Å²) in [7, 11) is 0. The number of anilines is 1. The topological polar surface area (TPSA) is 77.1 Å². The summed E-state index contributed by atoms with van der Waals surface area (Å²) in [5.74, 6) is -0.661. The molecule has 0 fully saturated rings. The smallest absolute Gasteiger partial charge is 0.319 e. The summed E-state index contributed by atoms with van der Waals surface area (Å²) in [6.07, 6.45) is -3.42. The Morgan fingerprint density at radius 3 is 2.49 bits per heavy atom. The number of carbonyl (C=O) groups excluding carboxylic acids is 1. The molecule has 0 aliphatic heterocycles. The minimum atomic E-state index is -4.47. The zero-order chi connectivity index (χ0) is 26.2. The van der Waals surface area contributed by atoms with Gasteiger partial charge in [0.05, 0.1) is 35.9 Å². The molecule has 7 nitrogen and oxygen atoms in total. The van der Waals surface area contributed by atoms with Crippen molar-refractivity contribution in [3.8, 4) is 11.3 Å². The lowest BCUT2D eigenvalue weighted by molar-refractivity contribution is -0.137. The summed E-state index contributed by atoms with van der Waals surface area (Å²) in [4.78, 5) is 17.4. The number of benzene rings is 2. The van der Waals surface area contributed by atoms with Gasteiger partial charge in [0.1, 0.15) is 11.3 Å². The van der Waals surface area contributed by atoms with Gasteiger partial charge in [-0.25, -0.2) is 18.3 Å². The summed E-state index contributed by atoms with van der Waals surface area (Å²) in [5, 5.41) is 10.6. The molecule has 0 bridgehead atoms. The highest BCUT2D eigenvalue weighted by Crippen LogP contribution is 2.30. The molecule has 5 rings (SSSR count). The van der Waals surface area contributed by atoms with Gasteiger partial charge in [0.25, 0.3) is 12.3 Å². The van der Waals surface area contributed by atoms with E-state index in [9.17, 15) is 26.7 Å². The first-order chi connectivity index (χ1) is 17.7. The molecule has 3 aromatic heterocycles. The van der Waals surface area contributed by atoms with Crippen LogP contribution in [0.25, 0.3) is 16.9 Å². The number of carbonyl (C=O) groups is 1. The van der Waals surface area contributed by atoms with E-state index in [1.807, 2.05) is 0 Å². The van der Waals surface area contributed by atoms with Gasteiger partial charge in [-0.1, -0.05) is 42.5 Å². The first-order valence-corrected chi connectivity index (χ1v) is 10.9. The van der Waals surface area contributed by atoms with Gasteiger partial charge >= 0.3 is 6.18 Å². The molecule has 0 unspecified atom stereocenters. The first kappa shape index (κ1) is 24.1. The van der Waals surface area contributed by atoms with Crippen LogP contribution in [0.5, 0.6) is 0 Å². The number of nitrogens with one attached hydrogen (secondary N) is 1.